The number of hydrogen-bond donors (Lipinski definition) is 2. The van der Waals surface area contributed by atoms with E-state index in [0.717, 1.165) is 18.4 Å². The highest BCUT2D eigenvalue weighted by atomic mass is 16.7. The van der Waals surface area contributed by atoms with E-state index >= 15 is 0 Å². The van der Waals surface area contributed by atoms with Crippen LogP contribution in [0.1, 0.15) is 71.0 Å². The van der Waals surface area contributed by atoms with Crippen LogP contribution in [0.4, 0.5) is 0 Å². The predicted molar refractivity (Wildman–Crippen MR) is 133 cm³/mol. The Balaban J connectivity index is 1.96. The molecule has 2 heterocycles. The van der Waals surface area contributed by atoms with Crippen LogP contribution in [-0.2, 0) is 28.5 Å². The summed E-state index contributed by atoms with van der Waals surface area (Å²) in [6, 6.07) is 9.45. The first kappa shape index (κ1) is 28.7. The molecule has 2 N–H and O–H groups in total. The molecule has 202 valence electrons. The third kappa shape index (κ3) is 6.17. The van der Waals surface area contributed by atoms with E-state index in [2.05, 4.69) is 0 Å². The van der Waals surface area contributed by atoms with Crippen LogP contribution in [0.5, 0.6) is 0 Å². The Morgan fingerprint density at radius 3 is 2.25 bits per heavy atom. The van der Waals surface area contributed by atoms with E-state index in [4.69, 9.17) is 18.9 Å². The van der Waals surface area contributed by atoms with Gasteiger partial charge in [-0.1, -0.05) is 50.6 Å². The highest BCUT2D eigenvalue weighted by molar-refractivity contribution is 5.88. The summed E-state index contributed by atoms with van der Waals surface area (Å²) in [4.78, 5) is 26.7. The molecule has 8 nitrogen and oxygen atoms in total. The lowest BCUT2D eigenvalue weighted by Gasteiger charge is -2.48. The Bertz CT molecular complexity index is 860. The molecule has 9 atom stereocenters. The van der Waals surface area contributed by atoms with E-state index in [9.17, 15) is 19.8 Å². The van der Waals surface area contributed by atoms with Gasteiger partial charge in [-0.15, -0.1) is 0 Å². The van der Waals surface area contributed by atoms with Gasteiger partial charge in [0.15, 0.2) is 11.9 Å². The summed E-state index contributed by atoms with van der Waals surface area (Å²) in [6.45, 7) is 5.18. The van der Waals surface area contributed by atoms with Crippen LogP contribution in [0, 0.1) is 17.8 Å². The molecule has 9 unspecified atom stereocenters. The molecule has 2 bridgehead atoms. The summed E-state index contributed by atoms with van der Waals surface area (Å²) in [7, 11) is 2.92. The lowest BCUT2D eigenvalue weighted by atomic mass is 9.78. The SMILES string of the molecule is COC1CCCCC(c2ccccc2)OC(=O)C(C)C2(O)OC(C(C)CCC1O)C(C)C(=O)C2OC. The van der Waals surface area contributed by atoms with Gasteiger partial charge < -0.3 is 29.2 Å². The maximum absolute atomic E-state index is 13.4. The fourth-order valence-electron chi connectivity index (χ4n) is 5.51. The van der Waals surface area contributed by atoms with Crippen LogP contribution in [0.2, 0.25) is 0 Å². The van der Waals surface area contributed by atoms with Gasteiger partial charge >= 0.3 is 5.97 Å². The number of aliphatic hydroxyl groups excluding tert-OH is 1. The molecule has 0 aliphatic carbocycles. The van der Waals surface area contributed by atoms with Crippen LogP contribution in [-0.4, -0.2) is 66.4 Å². The monoisotopic (exact) mass is 506 g/mol. The second kappa shape index (κ2) is 12.6. The van der Waals surface area contributed by atoms with Crippen molar-refractivity contribution in [3.05, 3.63) is 35.9 Å². The number of cyclic esters (lactones) is 1. The van der Waals surface area contributed by atoms with Crippen molar-refractivity contribution in [2.45, 2.75) is 95.6 Å². The highest BCUT2D eigenvalue weighted by Crippen LogP contribution is 2.40. The molecule has 0 radical (unpaired) electrons. The molecule has 0 spiro atoms. The van der Waals surface area contributed by atoms with Gasteiger partial charge in [-0.2, -0.15) is 0 Å². The fourth-order valence-corrected chi connectivity index (χ4v) is 5.51. The Labute approximate surface area is 214 Å². The van der Waals surface area contributed by atoms with Crippen molar-refractivity contribution in [3.63, 3.8) is 0 Å². The third-order valence-corrected chi connectivity index (χ3v) is 7.96. The van der Waals surface area contributed by atoms with Gasteiger partial charge in [-0.25, -0.2) is 0 Å². The van der Waals surface area contributed by atoms with E-state index in [-0.39, 0.29) is 17.8 Å². The second-order valence-corrected chi connectivity index (χ2v) is 10.4. The molecule has 8 heteroatoms. The van der Waals surface area contributed by atoms with Gasteiger partial charge in [0.1, 0.15) is 12.0 Å². The number of carbonyl (C=O) groups excluding carboxylic acids is 2. The Morgan fingerprint density at radius 2 is 1.61 bits per heavy atom. The molecule has 36 heavy (non-hydrogen) atoms. The molecule has 0 amide bonds. The number of Topliss-reactive ketones (excluding diaryl/α,β-unsaturated/α-hetero) is 1. The molecule has 2 saturated heterocycles. The van der Waals surface area contributed by atoms with Crippen LogP contribution in [0.3, 0.4) is 0 Å². The number of benzene rings is 1. The molecule has 0 aromatic heterocycles. The van der Waals surface area contributed by atoms with Gasteiger partial charge in [0.25, 0.3) is 0 Å². The zero-order valence-electron chi connectivity index (χ0n) is 22.1. The second-order valence-electron chi connectivity index (χ2n) is 10.4. The standard InChI is InChI=1S/C28H42O8/c1-17-15-16-21(29)23(33-4)14-10-9-13-22(20-11-7-6-8-12-20)35-27(31)19(3)28(32)26(34-5)24(30)18(2)25(17)36-28/h6-8,11-12,17-19,21-23,25-26,29,32H,9-10,13-16H2,1-5H3. The normalized spacial score (nSPS) is 39.4. The number of carbonyl (C=O) groups is 2. The van der Waals surface area contributed by atoms with Gasteiger partial charge in [0.05, 0.1) is 18.3 Å². The smallest absolute Gasteiger partial charge is 0.314 e. The average Bonchev–Trinajstić information content (AvgIpc) is 2.88. The number of fused-ring (bicyclic) bond motifs is 2. The first-order chi connectivity index (χ1) is 17.1. The predicted octanol–water partition coefficient (Wildman–Crippen LogP) is 3.58. The van der Waals surface area contributed by atoms with E-state index in [1.54, 1.807) is 14.0 Å². The number of hydrogen-bond acceptors (Lipinski definition) is 8. The van der Waals surface area contributed by atoms with Gasteiger partial charge in [0.2, 0.25) is 5.79 Å². The zero-order valence-corrected chi connectivity index (χ0v) is 22.1. The number of esters is 1. The highest BCUT2D eigenvalue weighted by Gasteiger charge is 2.58. The summed E-state index contributed by atoms with van der Waals surface area (Å²) in [5, 5.41) is 22.5. The Hall–Kier alpha value is -1.84. The van der Waals surface area contributed by atoms with Gasteiger partial charge in [0, 0.05) is 20.1 Å². The third-order valence-electron chi connectivity index (χ3n) is 7.96. The largest absolute Gasteiger partial charge is 0.457 e. The van der Waals surface area contributed by atoms with Gasteiger partial charge in [-0.05, 0) is 50.5 Å². The number of methoxy groups -OCH3 is 2. The van der Waals surface area contributed by atoms with Crippen LogP contribution < -0.4 is 0 Å². The minimum absolute atomic E-state index is 0.173. The van der Waals surface area contributed by atoms with Crippen molar-refractivity contribution < 1.29 is 38.7 Å². The maximum atomic E-state index is 13.4. The maximum Gasteiger partial charge on any atom is 0.314 e. The van der Waals surface area contributed by atoms with Crippen LogP contribution in [0.25, 0.3) is 0 Å². The first-order valence-corrected chi connectivity index (χ1v) is 13.1. The van der Waals surface area contributed by atoms with E-state index < -0.39 is 48.0 Å². The van der Waals surface area contributed by atoms with Crippen LogP contribution in [0.15, 0.2) is 30.3 Å². The summed E-state index contributed by atoms with van der Waals surface area (Å²) in [6.07, 6.45) is 0.348. The molecule has 0 saturated carbocycles. The number of ether oxygens (including phenoxy) is 4. The summed E-state index contributed by atoms with van der Waals surface area (Å²) in [5.41, 5.74) is 0.846. The van der Waals surface area contributed by atoms with E-state index in [0.29, 0.717) is 25.7 Å². The average molecular weight is 507 g/mol. The first-order valence-electron chi connectivity index (χ1n) is 13.1. The van der Waals surface area contributed by atoms with E-state index in [1.807, 2.05) is 37.3 Å². The van der Waals surface area contributed by atoms with Crippen LogP contribution >= 0.6 is 0 Å². The fraction of sp³-hybridized carbons (Fsp3) is 0.714. The number of ketones is 1. The summed E-state index contributed by atoms with van der Waals surface area (Å²) < 4.78 is 23.1. The van der Waals surface area contributed by atoms with Crippen molar-refractivity contribution in [1.29, 1.82) is 0 Å². The minimum Gasteiger partial charge on any atom is -0.457 e. The molecule has 2 aliphatic heterocycles. The molecule has 2 aliphatic rings. The van der Waals surface area contributed by atoms with Crippen molar-refractivity contribution >= 4 is 11.8 Å². The zero-order chi connectivity index (χ0) is 26.5. The molecule has 1 aromatic rings. The molecule has 1 aromatic carbocycles. The summed E-state index contributed by atoms with van der Waals surface area (Å²) in [5.74, 6) is -5.05. The van der Waals surface area contributed by atoms with Crippen molar-refractivity contribution in [3.8, 4) is 0 Å². The van der Waals surface area contributed by atoms with E-state index in [1.165, 1.54) is 14.0 Å². The Morgan fingerprint density at radius 1 is 0.944 bits per heavy atom. The van der Waals surface area contributed by atoms with Crippen molar-refractivity contribution in [2.24, 2.45) is 17.8 Å². The quantitative estimate of drug-likeness (QED) is 0.599. The summed E-state index contributed by atoms with van der Waals surface area (Å²) >= 11 is 0. The Kier molecular flexibility index (Phi) is 10.1. The minimum atomic E-state index is -2.18. The molecular weight excluding hydrogens is 464 g/mol. The topological polar surface area (TPSA) is 112 Å². The van der Waals surface area contributed by atoms with Crippen molar-refractivity contribution in [2.75, 3.05) is 14.2 Å². The number of rotatable bonds is 3. The molecule has 3 rings (SSSR count). The lowest BCUT2D eigenvalue weighted by molar-refractivity contribution is -0.323. The van der Waals surface area contributed by atoms with Crippen molar-refractivity contribution in [1.82, 2.24) is 0 Å². The molecule has 2 fully saturated rings. The lowest BCUT2D eigenvalue weighted by Crippen LogP contribution is -2.65. The van der Waals surface area contributed by atoms with Gasteiger partial charge in [-0.3, -0.25) is 9.59 Å². The molecular formula is C28H42O8. The number of aliphatic hydroxyl groups is 2.